The summed E-state index contributed by atoms with van der Waals surface area (Å²) >= 11 is 0. The molecule has 0 bridgehead atoms. The van der Waals surface area contributed by atoms with Gasteiger partial charge in [-0.3, -0.25) is 4.79 Å². The summed E-state index contributed by atoms with van der Waals surface area (Å²) in [5, 5.41) is 5.27. The lowest BCUT2D eigenvalue weighted by Crippen LogP contribution is -2.47. The number of carbonyl (C=O) groups is 1. The Balaban J connectivity index is 1.63. The van der Waals surface area contributed by atoms with Crippen molar-refractivity contribution in [3.8, 4) is 5.75 Å². The highest BCUT2D eigenvalue weighted by molar-refractivity contribution is 5.89. The van der Waals surface area contributed by atoms with E-state index >= 15 is 0 Å². The number of hydrogen-bond acceptors (Lipinski definition) is 3. The van der Waals surface area contributed by atoms with Crippen molar-refractivity contribution in [2.24, 2.45) is 0 Å². The number of nitrogens with zero attached hydrogens (tertiary/aromatic N) is 1. The highest BCUT2D eigenvalue weighted by Gasteiger charge is 2.22. The van der Waals surface area contributed by atoms with E-state index in [-0.39, 0.29) is 11.9 Å². The zero-order chi connectivity index (χ0) is 16.2. The van der Waals surface area contributed by atoms with Crippen LogP contribution in [0.3, 0.4) is 0 Å². The molecule has 4 heteroatoms. The molecule has 23 heavy (non-hydrogen) atoms. The zero-order valence-electron chi connectivity index (χ0n) is 13.8. The molecule has 1 amide bonds. The van der Waals surface area contributed by atoms with Crippen molar-refractivity contribution in [3.63, 3.8) is 0 Å². The standard InChI is InChI=1S/C19H24N2O2/c1-14(19(22)20-16-10-12-21(2)13-11-16)23-18-9-5-7-15-6-3-4-8-17(15)18/h3-9,14,16H,10-13H2,1-2H3,(H,20,22)/t14-/m1/s1. The van der Waals surface area contributed by atoms with Crippen LogP contribution < -0.4 is 10.1 Å². The Morgan fingerprint density at radius 1 is 1.17 bits per heavy atom. The largest absolute Gasteiger partial charge is 0.480 e. The Bertz CT molecular complexity index is 673. The van der Waals surface area contributed by atoms with E-state index in [0.29, 0.717) is 0 Å². The lowest BCUT2D eigenvalue weighted by Gasteiger charge is -2.30. The van der Waals surface area contributed by atoms with Crippen molar-refractivity contribution in [1.29, 1.82) is 0 Å². The molecule has 1 N–H and O–H groups in total. The predicted octanol–water partition coefficient (Wildman–Crippen LogP) is 2.82. The van der Waals surface area contributed by atoms with Crippen LogP contribution in [0, 0.1) is 0 Å². The second kappa shape index (κ2) is 7.01. The summed E-state index contributed by atoms with van der Waals surface area (Å²) in [5.41, 5.74) is 0. The molecule has 0 spiro atoms. The van der Waals surface area contributed by atoms with Crippen LogP contribution in [0.2, 0.25) is 0 Å². The van der Waals surface area contributed by atoms with Crippen LogP contribution in [0.1, 0.15) is 19.8 Å². The summed E-state index contributed by atoms with van der Waals surface area (Å²) in [5.74, 6) is 0.724. The van der Waals surface area contributed by atoms with E-state index in [2.05, 4.69) is 17.3 Å². The average Bonchev–Trinajstić information content (AvgIpc) is 2.57. The third-order valence-electron chi connectivity index (χ3n) is 4.49. The SMILES string of the molecule is C[C@@H](Oc1cccc2ccccc12)C(=O)NC1CCN(C)CC1. The molecule has 1 heterocycles. The van der Waals surface area contributed by atoms with Gasteiger partial charge in [-0.15, -0.1) is 0 Å². The van der Waals surface area contributed by atoms with E-state index in [1.165, 1.54) is 0 Å². The number of benzene rings is 2. The monoisotopic (exact) mass is 312 g/mol. The Morgan fingerprint density at radius 3 is 2.65 bits per heavy atom. The third-order valence-corrected chi connectivity index (χ3v) is 4.49. The van der Waals surface area contributed by atoms with Crippen LogP contribution in [0.5, 0.6) is 5.75 Å². The van der Waals surface area contributed by atoms with Gasteiger partial charge in [-0.25, -0.2) is 0 Å². The van der Waals surface area contributed by atoms with Crippen molar-refractivity contribution in [2.45, 2.75) is 31.9 Å². The summed E-state index contributed by atoms with van der Waals surface area (Å²) in [7, 11) is 2.12. The summed E-state index contributed by atoms with van der Waals surface area (Å²) in [6.45, 7) is 3.87. The van der Waals surface area contributed by atoms with Crippen LogP contribution in [0.15, 0.2) is 42.5 Å². The highest BCUT2D eigenvalue weighted by atomic mass is 16.5. The summed E-state index contributed by atoms with van der Waals surface area (Å²) in [6, 6.07) is 14.2. The maximum atomic E-state index is 12.4. The summed E-state index contributed by atoms with van der Waals surface area (Å²) < 4.78 is 5.93. The molecule has 1 fully saturated rings. The van der Waals surface area contributed by atoms with Gasteiger partial charge in [0.05, 0.1) is 0 Å². The number of nitrogens with one attached hydrogen (secondary N) is 1. The van der Waals surface area contributed by atoms with Gasteiger partial charge in [0.15, 0.2) is 6.10 Å². The average molecular weight is 312 g/mol. The summed E-state index contributed by atoms with van der Waals surface area (Å²) in [4.78, 5) is 14.7. The number of likely N-dealkylation sites (tertiary alicyclic amines) is 1. The molecule has 122 valence electrons. The fraction of sp³-hybridized carbons (Fsp3) is 0.421. The van der Waals surface area contributed by atoms with Gasteiger partial charge >= 0.3 is 0 Å². The maximum absolute atomic E-state index is 12.4. The molecule has 0 saturated carbocycles. The van der Waals surface area contributed by atoms with Gasteiger partial charge in [0.25, 0.3) is 5.91 Å². The first kappa shape index (κ1) is 15.8. The molecule has 1 aliphatic heterocycles. The number of piperidine rings is 1. The molecule has 0 aromatic heterocycles. The van der Waals surface area contributed by atoms with E-state index in [1.54, 1.807) is 0 Å². The second-order valence-electron chi connectivity index (χ2n) is 6.32. The number of carbonyl (C=O) groups excluding carboxylic acids is 1. The lowest BCUT2D eigenvalue weighted by atomic mass is 10.1. The smallest absolute Gasteiger partial charge is 0.260 e. The molecular weight excluding hydrogens is 288 g/mol. The Hall–Kier alpha value is -2.07. The van der Waals surface area contributed by atoms with E-state index < -0.39 is 6.10 Å². The van der Waals surface area contributed by atoms with Gasteiger partial charge in [-0.1, -0.05) is 36.4 Å². The second-order valence-corrected chi connectivity index (χ2v) is 6.32. The van der Waals surface area contributed by atoms with Crippen molar-refractivity contribution >= 4 is 16.7 Å². The predicted molar refractivity (Wildman–Crippen MR) is 92.7 cm³/mol. The minimum absolute atomic E-state index is 0.0347. The first-order chi connectivity index (χ1) is 11.1. The van der Waals surface area contributed by atoms with Gasteiger partial charge in [-0.2, -0.15) is 0 Å². The molecule has 1 aliphatic rings. The third kappa shape index (κ3) is 3.82. The van der Waals surface area contributed by atoms with E-state index in [1.807, 2.05) is 49.4 Å². The fourth-order valence-electron chi connectivity index (χ4n) is 3.01. The topological polar surface area (TPSA) is 41.6 Å². The molecule has 2 aromatic carbocycles. The van der Waals surface area contributed by atoms with Crippen molar-refractivity contribution < 1.29 is 9.53 Å². The molecule has 4 nitrogen and oxygen atoms in total. The highest BCUT2D eigenvalue weighted by Crippen LogP contribution is 2.26. The molecule has 0 unspecified atom stereocenters. The quantitative estimate of drug-likeness (QED) is 0.944. The number of hydrogen-bond donors (Lipinski definition) is 1. The first-order valence-electron chi connectivity index (χ1n) is 8.27. The molecular formula is C19H24N2O2. The molecule has 0 aliphatic carbocycles. The lowest BCUT2D eigenvalue weighted by molar-refractivity contribution is -0.128. The van der Waals surface area contributed by atoms with E-state index in [9.17, 15) is 4.79 Å². The minimum Gasteiger partial charge on any atom is -0.480 e. The van der Waals surface area contributed by atoms with Crippen LogP contribution in [-0.2, 0) is 4.79 Å². The van der Waals surface area contributed by atoms with E-state index in [0.717, 1.165) is 42.5 Å². The maximum Gasteiger partial charge on any atom is 0.260 e. The molecule has 1 atom stereocenters. The van der Waals surface area contributed by atoms with Crippen LogP contribution in [-0.4, -0.2) is 43.1 Å². The molecule has 1 saturated heterocycles. The number of fused-ring (bicyclic) bond motifs is 1. The zero-order valence-corrected chi connectivity index (χ0v) is 13.8. The molecule has 3 rings (SSSR count). The van der Waals surface area contributed by atoms with Gasteiger partial charge in [0.1, 0.15) is 5.75 Å². The van der Waals surface area contributed by atoms with Crippen molar-refractivity contribution in [3.05, 3.63) is 42.5 Å². The van der Waals surface area contributed by atoms with Crippen LogP contribution in [0.4, 0.5) is 0 Å². The van der Waals surface area contributed by atoms with E-state index in [4.69, 9.17) is 4.74 Å². The first-order valence-corrected chi connectivity index (χ1v) is 8.27. The van der Waals surface area contributed by atoms with Gasteiger partial charge in [-0.05, 0) is 51.4 Å². The molecule has 0 radical (unpaired) electrons. The normalized spacial score (nSPS) is 17.8. The summed E-state index contributed by atoms with van der Waals surface area (Å²) in [6.07, 6.45) is 1.51. The van der Waals surface area contributed by atoms with Gasteiger partial charge in [0.2, 0.25) is 0 Å². The number of rotatable bonds is 4. The Kier molecular flexibility index (Phi) is 4.82. The van der Waals surface area contributed by atoms with Crippen LogP contribution in [0.25, 0.3) is 10.8 Å². The van der Waals surface area contributed by atoms with Crippen molar-refractivity contribution in [2.75, 3.05) is 20.1 Å². The molecule has 2 aromatic rings. The van der Waals surface area contributed by atoms with Crippen molar-refractivity contribution in [1.82, 2.24) is 10.2 Å². The fourth-order valence-corrected chi connectivity index (χ4v) is 3.01. The minimum atomic E-state index is -0.500. The Labute approximate surface area is 137 Å². The van der Waals surface area contributed by atoms with Gasteiger partial charge in [0, 0.05) is 11.4 Å². The van der Waals surface area contributed by atoms with Gasteiger partial charge < -0.3 is 15.0 Å². The Morgan fingerprint density at radius 2 is 1.87 bits per heavy atom. The number of ether oxygens (including phenoxy) is 1. The number of amides is 1. The van der Waals surface area contributed by atoms with Crippen LogP contribution >= 0.6 is 0 Å².